The Balaban J connectivity index is 1.85. The molecule has 1 aromatic carbocycles. The summed E-state index contributed by atoms with van der Waals surface area (Å²) >= 11 is 6.01. The molecule has 1 aliphatic carbocycles. The zero-order valence-corrected chi connectivity index (χ0v) is 16.7. The summed E-state index contributed by atoms with van der Waals surface area (Å²) in [7, 11) is 0. The number of nitrogens with one attached hydrogen (secondary N) is 2. The van der Waals surface area contributed by atoms with E-state index in [1.54, 1.807) is 18.3 Å². The highest BCUT2D eigenvalue weighted by molar-refractivity contribution is 6.30. The molecule has 4 rings (SSSR count). The topological polar surface area (TPSA) is 74.8 Å². The molecule has 3 aromatic rings. The molecule has 0 atom stereocenters. The molecule has 148 valence electrons. The molecule has 2 aromatic heterocycles. The first-order valence-electron chi connectivity index (χ1n) is 9.31. The molecule has 0 saturated heterocycles. The normalized spacial score (nSPS) is 13.1. The number of ketones is 1. The number of aromatic nitrogens is 2. The summed E-state index contributed by atoms with van der Waals surface area (Å²) in [4.78, 5) is 31.7. The van der Waals surface area contributed by atoms with Crippen LogP contribution in [-0.4, -0.2) is 15.8 Å². The fourth-order valence-corrected chi connectivity index (χ4v) is 3.77. The zero-order valence-electron chi connectivity index (χ0n) is 16.0. The first kappa shape index (κ1) is 19.3. The van der Waals surface area contributed by atoms with E-state index in [-0.39, 0.29) is 22.8 Å². The fourth-order valence-electron chi connectivity index (χ4n) is 3.60. The Kier molecular flexibility index (Phi) is 4.96. The first-order valence-corrected chi connectivity index (χ1v) is 9.69. The average molecular weight is 412 g/mol. The van der Waals surface area contributed by atoms with Gasteiger partial charge in [-0.25, -0.2) is 4.39 Å². The van der Waals surface area contributed by atoms with E-state index in [0.717, 1.165) is 16.9 Å². The molecule has 2 N–H and O–H groups in total. The minimum atomic E-state index is -0.529. The van der Waals surface area contributed by atoms with Crippen LogP contribution in [-0.2, 0) is 17.6 Å². The fraction of sp³-hybridized carbons (Fsp3) is 0.227. The maximum absolute atomic E-state index is 14.4. The highest BCUT2D eigenvalue weighted by Crippen LogP contribution is 2.33. The predicted molar refractivity (Wildman–Crippen MR) is 111 cm³/mol. The number of carbonyl (C=O) groups excluding carboxylic acids is 1. The Morgan fingerprint density at radius 3 is 2.66 bits per heavy atom. The van der Waals surface area contributed by atoms with Gasteiger partial charge in [-0.15, -0.1) is 0 Å². The van der Waals surface area contributed by atoms with E-state index < -0.39 is 11.4 Å². The van der Waals surface area contributed by atoms with E-state index in [9.17, 15) is 14.0 Å². The van der Waals surface area contributed by atoms with Gasteiger partial charge in [0.1, 0.15) is 11.6 Å². The van der Waals surface area contributed by atoms with Crippen molar-refractivity contribution in [3.8, 4) is 11.1 Å². The quantitative estimate of drug-likeness (QED) is 0.648. The van der Waals surface area contributed by atoms with Crippen molar-refractivity contribution >= 4 is 28.8 Å². The molecule has 0 unspecified atom stereocenters. The van der Waals surface area contributed by atoms with Crippen molar-refractivity contribution in [2.45, 2.75) is 32.6 Å². The molecule has 29 heavy (non-hydrogen) atoms. The molecule has 5 nitrogen and oxygen atoms in total. The first-order chi connectivity index (χ1) is 13.8. The van der Waals surface area contributed by atoms with E-state index in [2.05, 4.69) is 15.3 Å². The Bertz CT molecular complexity index is 1190. The van der Waals surface area contributed by atoms with Crippen LogP contribution in [0.2, 0.25) is 5.02 Å². The van der Waals surface area contributed by atoms with E-state index in [1.165, 1.54) is 18.2 Å². The maximum atomic E-state index is 14.4. The van der Waals surface area contributed by atoms with Crippen LogP contribution in [0.5, 0.6) is 0 Å². The van der Waals surface area contributed by atoms with Crippen molar-refractivity contribution in [3.63, 3.8) is 0 Å². The standard InChI is InChI=1S/C22H19ClFN3O2/c1-11(2)21-20(26-18-5-6-25-19-9-13(28)8-16(18)19)10-15(22(29)27-21)14-7-12(23)3-4-17(14)24/h3-7,10-11H,8-9H2,1-2H3,(H,25,26)(H,27,29). The number of aromatic amines is 1. The minimum Gasteiger partial charge on any atom is -0.354 e. The van der Waals surface area contributed by atoms with Crippen molar-refractivity contribution in [3.05, 3.63) is 74.7 Å². The van der Waals surface area contributed by atoms with Gasteiger partial charge in [-0.2, -0.15) is 0 Å². The number of pyridine rings is 2. The van der Waals surface area contributed by atoms with Crippen molar-refractivity contribution in [2.75, 3.05) is 5.32 Å². The van der Waals surface area contributed by atoms with Crippen LogP contribution >= 0.6 is 11.6 Å². The van der Waals surface area contributed by atoms with Crippen LogP contribution in [0, 0.1) is 5.82 Å². The highest BCUT2D eigenvalue weighted by Gasteiger charge is 2.23. The Morgan fingerprint density at radius 1 is 1.10 bits per heavy atom. The largest absolute Gasteiger partial charge is 0.354 e. The Labute approximate surface area is 172 Å². The average Bonchev–Trinajstić information content (AvgIpc) is 3.06. The number of hydrogen-bond donors (Lipinski definition) is 2. The molecule has 1 aliphatic rings. The molecule has 0 bridgehead atoms. The van der Waals surface area contributed by atoms with Gasteiger partial charge >= 0.3 is 0 Å². The number of hydrogen-bond acceptors (Lipinski definition) is 4. The second-order valence-corrected chi connectivity index (χ2v) is 7.86. The van der Waals surface area contributed by atoms with Crippen molar-refractivity contribution in [2.24, 2.45) is 0 Å². The summed E-state index contributed by atoms with van der Waals surface area (Å²) in [6.45, 7) is 3.91. The van der Waals surface area contributed by atoms with Gasteiger partial charge in [0.25, 0.3) is 5.56 Å². The van der Waals surface area contributed by atoms with Gasteiger partial charge in [0.2, 0.25) is 0 Å². The summed E-state index contributed by atoms with van der Waals surface area (Å²) in [5, 5.41) is 3.67. The molecule has 0 fully saturated rings. The van der Waals surface area contributed by atoms with E-state index >= 15 is 0 Å². The van der Waals surface area contributed by atoms with E-state index in [1.807, 2.05) is 13.8 Å². The lowest BCUT2D eigenvalue weighted by Gasteiger charge is -2.18. The third-order valence-electron chi connectivity index (χ3n) is 5.02. The molecule has 0 radical (unpaired) electrons. The molecule has 0 amide bonds. The van der Waals surface area contributed by atoms with Crippen LogP contribution in [0.3, 0.4) is 0 Å². The predicted octanol–water partition coefficient (Wildman–Crippen LogP) is 4.76. The lowest BCUT2D eigenvalue weighted by atomic mass is 10.0. The molecular formula is C22H19ClFN3O2. The van der Waals surface area contributed by atoms with Crippen molar-refractivity contribution in [1.29, 1.82) is 0 Å². The number of Topliss-reactive ketones (excluding diaryl/α,β-unsaturated/α-hetero) is 1. The summed E-state index contributed by atoms with van der Waals surface area (Å²) in [5.41, 5.74) is 3.62. The van der Waals surface area contributed by atoms with Gasteiger partial charge in [-0.05, 0) is 36.2 Å². The number of carbonyl (C=O) groups is 1. The van der Waals surface area contributed by atoms with E-state index in [0.29, 0.717) is 29.2 Å². The van der Waals surface area contributed by atoms with Gasteiger partial charge in [-0.1, -0.05) is 25.4 Å². The number of benzene rings is 1. The third kappa shape index (κ3) is 3.68. The monoisotopic (exact) mass is 411 g/mol. The minimum absolute atomic E-state index is 0.0139. The summed E-state index contributed by atoms with van der Waals surface area (Å²) < 4.78 is 14.4. The van der Waals surface area contributed by atoms with Crippen molar-refractivity contribution in [1.82, 2.24) is 9.97 Å². The van der Waals surface area contributed by atoms with E-state index in [4.69, 9.17) is 11.6 Å². The maximum Gasteiger partial charge on any atom is 0.256 e. The van der Waals surface area contributed by atoms with Crippen LogP contribution in [0.15, 0.2) is 41.3 Å². The number of rotatable bonds is 4. The SMILES string of the molecule is CC(C)c1[nH]c(=O)c(-c2cc(Cl)ccc2F)cc1Nc1ccnc2c1CC(=O)C2. The smallest absolute Gasteiger partial charge is 0.256 e. The summed E-state index contributed by atoms with van der Waals surface area (Å²) in [6.07, 6.45) is 2.30. The van der Waals surface area contributed by atoms with Crippen LogP contribution in [0.4, 0.5) is 15.8 Å². The van der Waals surface area contributed by atoms with Gasteiger partial charge in [0, 0.05) is 46.6 Å². The lowest BCUT2D eigenvalue weighted by molar-refractivity contribution is -0.117. The molecule has 0 spiro atoms. The number of H-pyrrole nitrogens is 1. The van der Waals surface area contributed by atoms with Crippen LogP contribution < -0.4 is 10.9 Å². The molecule has 2 heterocycles. The highest BCUT2D eigenvalue weighted by atomic mass is 35.5. The van der Waals surface area contributed by atoms with Crippen LogP contribution in [0.1, 0.15) is 36.7 Å². The Morgan fingerprint density at radius 2 is 1.90 bits per heavy atom. The Hall–Kier alpha value is -2.99. The number of nitrogens with zero attached hydrogens (tertiary/aromatic N) is 1. The third-order valence-corrected chi connectivity index (χ3v) is 5.26. The summed E-state index contributed by atoms with van der Waals surface area (Å²) in [6, 6.07) is 7.54. The molecule has 0 aliphatic heterocycles. The second-order valence-electron chi connectivity index (χ2n) is 7.42. The van der Waals surface area contributed by atoms with Gasteiger partial charge in [-0.3, -0.25) is 14.6 Å². The number of anilines is 2. The second kappa shape index (κ2) is 7.44. The molecule has 7 heteroatoms. The number of fused-ring (bicyclic) bond motifs is 1. The lowest BCUT2D eigenvalue weighted by Crippen LogP contribution is -2.15. The zero-order chi connectivity index (χ0) is 20.7. The van der Waals surface area contributed by atoms with Gasteiger partial charge in [0.05, 0.1) is 16.9 Å². The van der Waals surface area contributed by atoms with Gasteiger partial charge < -0.3 is 10.3 Å². The number of halogens is 2. The summed E-state index contributed by atoms with van der Waals surface area (Å²) in [5.74, 6) is -0.396. The van der Waals surface area contributed by atoms with Crippen molar-refractivity contribution < 1.29 is 9.18 Å². The van der Waals surface area contributed by atoms with Gasteiger partial charge in [0.15, 0.2) is 0 Å². The molecular weight excluding hydrogens is 393 g/mol. The molecule has 0 saturated carbocycles. The van der Waals surface area contributed by atoms with Crippen LogP contribution in [0.25, 0.3) is 11.1 Å².